The van der Waals surface area contributed by atoms with E-state index < -0.39 is 0 Å². The summed E-state index contributed by atoms with van der Waals surface area (Å²) in [7, 11) is 1.88. The molecule has 1 saturated heterocycles. The summed E-state index contributed by atoms with van der Waals surface area (Å²) in [6.45, 7) is 8.67. The summed E-state index contributed by atoms with van der Waals surface area (Å²) in [6.07, 6.45) is 0. The molecule has 0 aliphatic carbocycles. The molecule has 24 heavy (non-hydrogen) atoms. The van der Waals surface area contributed by atoms with Gasteiger partial charge in [-0.25, -0.2) is 0 Å². The van der Waals surface area contributed by atoms with Crippen LogP contribution in [0.25, 0.3) is 0 Å². The number of hydrogen-bond donors (Lipinski definition) is 3. The Kier molecular flexibility index (Phi) is 8.76. The van der Waals surface area contributed by atoms with Crippen LogP contribution in [0.1, 0.15) is 5.56 Å². The fourth-order valence-electron chi connectivity index (χ4n) is 2.73. The van der Waals surface area contributed by atoms with E-state index in [-0.39, 0.29) is 5.91 Å². The molecule has 0 radical (unpaired) electrons. The van der Waals surface area contributed by atoms with Gasteiger partial charge in [-0.3, -0.25) is 9.69 Å². The Labute approximate surface area is 145 Å². The van der Waals surface area contributed by atoms with Crippen LogP contribution in [0.5, 0.6) is 0 Å². The fourth-order valence-corrected chi connectivity index (χ4v) is 2.73. The van der Waals surface area contributed by atoms with Crippen LogP contribution in [0, 0.1) is 0 Å². The Hall–Kier alpha value is -1.47. The smallest absolute Gasteiger partial charge is 0.236 e. The minimum atomic E-state index is 0.174. The largest absolute Gasteiger partial charge is 0.340 e. The summed E-state index contributed by atoms with van der Waals surface area (Å²) < 4.78 is 0. The molecule has 6 heteroatoms. The second-order valence-corrected chi connectivity index (χ2v) is 6.26. The van der Waals surface area contributed by atoms with Crippen LogP contribution < -0.4 is 16.0 Å². The second kappa shape index (κ2) is 11.1. The molecule has 3 N–H and O–H groups in total. The van der Waals surface area contributed by atoms with Gasteiger partial charge in [0.15, 0.2) is 0 Å². The SMILES string of the molecule is CN(Cc1ccccc1)C(=O)CN1CCNCCNCCNCC1. The normalized spacial score (nSPS) is 18.4. The van der Waals surface area contributed by atoms with E-state index in [2.05, 4.69) is 33.0 Å². The van der Waals surface area contributed by atoms with Crippen LogP contribution >= 0.6 is 0 Å². The molecule has 0 unspecified atom stereocenters. The van der Waals surface area contributed by atoms with Gasteiger partial charge in [0, 0.05) is 66.0 Å². The molecule has 1 aromatic rings. The molecule has 0 saturated carbocycles. The van der Waals surface area contributed by atoms with Crippen molar-refractivity contribution in [3.8, 4) is 0 Å². The highest BCUT2D eigenvalue weighted by atomic mass is 16.2. The van der Waals surface area contributed by atoms with Gasteiger partial charge in [0.2, 0.25) is 5.91 Å². The Morgan fingerprint density at radius 2 is 1.50 bits per heavy atom. The zero-order valence-corrected chi connectivity index (χ0v) is 14.8. The van der Waals surface area contributed by atoms with Gasteiger partial charge in [-0.2, -0.15) is 0 Å². The summed E-state index contributed by atoms with van der Waals surface area (Å²) in [6, 6.07) is 10.1. The average Bonchev–Trinajstić information content (AvgIpc) is 2.58. The van der Waals surface area contributed by atoms with Crippen molar-refractivity contribution in [2.75, 3.05) is 66.0 Å². The summed E-state index contributed by atoms with van der Waals surface area (Å²) in [4.78, 5) is 16.6. The Morgan fingerprint density at radius 1 is 0.958 bits per heavy atom. The van der Waals surface area contributed by atoms with E-state index in [1.165, 1.54) is 0 Å². The topological polar surface area (TPSA) is 59.6 Å². The zero-order chi connectivity index (χ0) is 17.0. The molecule has 0 atom stereocenters. The molecule has 1 aliphatic heterocycles. The van der Waals surface area contributed by atoms with Crippen molar-refractivity contribution in [2.24, 2.45) is 0 Å². The summed E-state index contributed by atoms with van der Waals surface area (Å²) in [5.74, 6) is 0.174. The summed E-state index contributed by atoms with van der Waals surface area (Å²) >= 11 is 0. The van der Waals surface area contributed by atoms with Crippen LogP contribution in [0.4, 0.5) is 0 Å². The molecular formula is C18H31N5O. The number of carbonyl (C=O) groups excluding carboxylic acids is 1. The third-order valence-electron chi connectivity index (χ3n) is 4.21. The highest BCUT2D eigenvalue weighted by molar-refractivity contribution is 5.78. The maximum absolute atomic E-state index is 12.5. The predicted octanol–water partition coefficient (Wildman–Crippen LogP) is -0.271. The number of carbonyl (C=O) groups is 1. The molecule has 1 aromatic carbocycles. The van der Waals surface area contributed by atoms with E-state index in [1.54, 1.807) is 0 Å². The molecular weight excluding hydrogens is 302 g/mol. The van der Waals surface area contributed by atoms with E-state index in [1.807, 2.05) is 30.1 Å². The van der Waals surface area contributed by atoms with E-state index >= 15 is 0 Å². The molecule has 1 aliphatic rings. The van der Waals surface area contributed by atoms with Crippen molar-refractivity contribution in [3.63, 3.8) is 0 Å². The van der Waals surface area contributed by atoms with Crippen LogP contribution in [0.3, 0.4) is 0 Å². The predicted molar refractivity (Wildman–Crippen MR) is 98.0 cm³/mol. The van der Waals surface area contributed by atoms with Gasteiger partial charge in [0.05, 0.1) is 6.54 Å². The summed E-state index contributed by atoms with van der Waals surface area (Å²) in [5, 5.41) is 10.2. The Balaban J connectivity index is 1.79. The van der Waals surface area contributed by atoms with Crippen LogP contribution in [0.15, 0.2) is 30.3 Å². The van der Waals surface area contributed by atoms with Gasteiger partial charge in [-0.05, 0) is 5.56 Å². The summed E-state index contributed by atoms with van der Waals surface area (Å²) in [5.41, 5.74) is 1.16. The molecule has 6 nitrogen and oxygen atoms in total. The van der Waals surface area contributed by atoms with Gasteiger partial charge in [0.1, 0.15) is 0 Å². The monoisotopic (exact) mass is 333 g/mol. The van der Waals surface area contributed by atoms with E-state index in [4.69, 9.17) is 0 Å². The van der Waals surface area contributed by atoms with Gasteiger partial charge >= 0.3 is 0 Å². The fraction of sp³-hybridized carbons (Fsp3) is 0.611. The third-order valence-corrected chi connectivity index (χ3v) is 4.21. The average molecular weight is 333 g/mol. The first kappa shape index (κ1) is 18.9. The molecule has 134 valence electrons. The van der Waals surface area contributed by atoms with Crippen molar-refractivity contribution in [1.29, 1.82) is 0 Å². The molecule has 2 rings (SSSR count). The number of rotatable bonds is 4. The van der Waals surface area contributed by atoms with Gasteiger partial charge in [-0.15, -0.1) is 0 Å². The molecule has 1 heterocycles. The quantitative estimate of drug-likeness (QED) is 0.708. The van der Waals surface area contributed by atoms with Crippen molar-refractivity contribution < 1.29 is 4.79 Å². The Bertz CT molecular complexity index is 456. The lowest BCUT2D eigenvalue weighted by molar-refractivity contribution is -0.131. The van der Waals surface area contributed by atoms with Crippen molar-refractivity contribution in [2.45, 2.75) is 6.54 Å². The highest BCUT2D eigenvalue weighted by Gasteiger charge is 2.14. The van der Waals surface area contributed by atoms with Gasteiger partial charge < -0.3 is 20.9 Å². The lowest BCUT2D eigenvalue weighted by atomic mass is 10.2. The first-order valence-electron chi connectivity index (χ1n) is 8.88. The maximum atomic E-state index is 12.5. The van der Waals surface area contributed by atoms with Crippen LogP contribution in [-0.4, -0.2) is 81.7 Å². The zero-order valence-electron chi connectivity index (χ0n) is 14.8. The first-order chi connectivity index (χ1) is 11.8. The number of likely N-dealkylation sites (N-methyl/N-ethyl adjacent to an activating group) is 1. The minimum absolute atomic E-state index is 0.174. The number of nitrogens with zero attached hydrogens (tertiary/aromatic N) is 2. The van der Waals surface area contributed by atoms with Crippen LogP contribution in [-0.2, 0) is 11.3 Å². The highest BCUT2D eigenvalue weighted by Crippen LogP contribution is 2.03. The first-order valence-corrected chi connectivity index (χ1v) is 8.88. The third kappa shape index (κ3) is 7.40. The lowest BCUT2D eigenvalue weighted by Crippen LogP contribution is -2.45. The molecule has 0 aromatic heterocycles. The maximum Gasteiger partial charge on any atom is 0.236 e. The molecule has 0 bridgehead atoms. The molecule has 1 amide bonds. The van der Waals surface area contributed by atoms with E-state index in [0.717, 1.165) is 57.9 Å². The van der Waals surface area contributed by atoms with E-state index in [9.17, 15) is 4.79 Å². The number of amides is 1. The van der Waals surface area contributed by atoms with E-state index in [0.29, 0.717) is 13.1 Å². The standard InChI is InChI=1S/C18H31N5O/c1-22(15-17-5-3-2-4-6-17)18(24)16-23-13-11-20-9-7-19-8-10-21-12-14-23/h2-6,19-21H,7-16H2,1H3. The molecule has 1 fully saturated rings. The molecule has 0 spiro atoms. The van der Waals surface area contributed by atoms with Crippen molar-refractivity contribution in [3.05, 3.63) is 35.9 Å². The Morgan fingerprint density at radius 3 is 2.08 bits per heavy atom. The van der Waals surface area contributed by atoms with Gasteiger partial charge in [0.25, 0.3) is 0 Å². The second-order valence-electron chi connectivity index (χ2n) is 6.26. The minimum Gasteiger partial charge on any atom is -0.340 e. The number of benzene rings is 1. The lowest BCUT2D eigenvalue weighted by Gasteiger charge is -2.26. The van der Waals surface area contributed by atoms with Crippen LogP contribution in [0.2, 0.25) is 0 Å². The van der Waals surface area contributed by atoms with Crippen molar-refractivity contribution >= 4 is 5.91 Å². The van der Waals surface area contributed by atoms with Crippen molar-refractivity contribution in [1.82, 2.24) is 25.8 Å². The number of nitrogens with one attached hydrogen (secondary N) is 3. The number of hydrogen-bond acceptors (Lipinski definition) is 5. The van der Waals surface area contributed by atoms with Gasteiger partial charge in [-0.1, -0.05) is 30.3 Å².